The van der Waals surface area contributed by atoms with E-state index in [0.717, 1.165) is 18.9 Å². The molecule has 0 atom stereocenters. The van der Waals surface area contributed by atoms with Crippen molar-refractivity contribution in [1.82, 2.24) is 29.8 Å². The first kappa shape index (κ1) is 9.14. The molecule has 2 heterocycles. The van der Waals surface area contributed by atoms with E-state index < -0.39 is 0 Å². The molecule has 0 unspecified atom stereocenters. The third kappa shape index (κ3) is 1.90. The monoisotopic (exact) mass is 212 g/mol. The summed E-state index contributed by atoms with van der Waals surface area (Å²) >= 11 is 5.68. The van der Waals surface area contributed by atoms with Crippen molar-refractivity contribution in [1.29, 1.82) is 0 Å². The van der Waals surface area contributed by atoms with Crippen LogP contribution in [0.2, 0.25) is 0 Å². The summed E-state index contributed by atoms with van der Waals surface area (Å²) in [7, 11) is 0. The molecule has 2 rings (SSSR count). The molecule has 74 valence electrons. The second kappa shape index (κ2) is 4.19. The Labute approximate surface area is 85.5 Å². The first-order chi connectivity index (χ1) is 6.90. The molecule has 0 saturated carbocycles. The summed E-state index contributed by atoms with van der Waals surface area (Å²) in [4.78, 5) is 0. The van der Waals surface area contributed by atoms with Crippen LogP contribution in [0.25, 0.3) is 0 Å². The molecular weight excluding hydrogens is 204 g/mol. The lowest BCUT2D eigenvalue weighted by Gasteiger charge is -2.03. The van der Waals surface area contributed by atoms with E-state index in [4.69, 9.17) is 11.6 Å². The van der Waals surface area contributed by atoms with Gasteiger partial charge in [-0.1, -0.05) is 5.21 Å². The quantitative estimate of drug-likeness (QED) is 0.685. The molecule has 0 amide bonds. The van der Waals surface area contributed by atoms with Crippen molar-refractivity contribution >= 4 is 11.6 Å². The summed E-state index contributed by atoms with van der Waals surface area (Å²) in [6.45, 7) is 1.49. The average molecular weight is 213 g/mol. The second-order valence-electron chi connectivity index (χ2n) is 2.74. The van der Waals surface area contributed by atoms with Crippen LogP contribution in [0.15, 0.2) is 18.7 Å². The Morgan fingerprint density at radius 2 is 2.21 bits per heavy atom. The first-order valence-corrected chi connectivity index (χ1v) is 4.70. The topological polar surface area (TPSA) is 61.4 Å². The average Bonchev–Trinajstić information content (AvgIpc) is 2.85. The predicted octanol–water partition coefficient (Wildman–Crippen LogP) is 0.309. The molecule has 0 aliphatic carbocycles. The van der Waals surface area contributed by atoms with Gasteiger partial charge in [0, 0.05) is 12.7 Å². The molecule has 0 fully saturated rings. The van der Waals surface area contributed by atoms with Crippen LogP contribution in [0.3, 0.4) is 0 Å². The van der Waals surface area contributed by atoms with Gasteiger partial charge < -0.3 is 4.57 Å². The van der Waals surface area contributed by atoms with E-state index in [2.05, 4.69) is 20.5 Å². The number of hydrogen-bond acceptors (Lipinski definition) is 4. The second-order valence-corrected chi connectivity index (χ2v) is 3.01. The lowest BCUT2D eigenvalue weighted by molar-refractivity contribution is 0.511. The maximum Gasteiger partial charge on any atom is 0.147 e. The van der Waals surface area contributed by atoms with Gasteiger partial charge in [0.25, 0.3) is 0 Å². The normalized spacial score (nSPS) is 10.6. The van der Waals surface area contributed by atoms with Crippen LogP contribution < -0.4 is 0 Å². The van der Waals surface area contributed by atoms with Crippen molar-refractivity contribution in [3.05, 3.63) is 24.5 Å². The number of rotatable bonds is 4. The zero-order valence-corrected chi connectivity index (χ0v) is 8.17. The van der Waals surface area contributed by atoms with Gasteiger partial charge >= 0.3 is 0 Å². The van der Waals surface area contributed by atoms with Crippen molar-refractivity contribution in [3.8, 4) is 0 Å². The van der Waals surface area contributed by atoms with Crippen LogP contribution in [0, 0.1) is 0 Å². The Bertz CT molecular complexity index is 381. The summed E-state index contributed by atoms with van der Waals surface area (Å²) in [6.07, 6.45) is 5.12. The minimum absolute atomic E-state index is 0.372. The van der Waals surface area contributed by atoms with Crippen LogP contribution in [0.4, 0.5) is 0 Å². The van der Waals surface area contributed by atoms with Gasteiger partial charge in [-0.25, -0.2) is 0 Å². The summed E-state index contributed by atoms with van der Waals surface area (Å²) < 4.78 is 3.65. The summed E-state index contributed by atoms with van der Waals surface area (Å²) in [6, 6.07) is 0. The Kier molecular flexibility index (Phi) is 2.73. The highest BCUT2D eigenvalue weighted by Crippen LogP contribution is 1.99. The number of alkyl halides is 1. The maximum absolute atomic E-state index is 5.68. The largest absolute Gasteiger partial charge is 0.315 e. The Morgan fingerprint density at radius 1 is 1.29 bits per heavy atom. The highest BCUT2D eigenvalue weighted by atomic mass is 35.5. The van der Waals surface area contributed by atoms with Gasteiger partial charge in [-0.15, -0.1) is 26.9 Å². The van der Waals surface area contributed by atoms with Crippen LogP contribution >= 0.6 is 11.6 Å². The van der Waals surface area contributed by atoms with Gasteiger partial charge in [-0.2, -0.15) is 0 Å². The van der Waals surface area contributed by atoms with Crippen LogP contribution in [-0.4, -0.2) is 29.8 Å². The first-order valence-electron chi connectivity index (χ1n) is 4.17. The molecule has 0 aromatic carbocycles. The van der Waals surface area contributed by atoms with E-state index in [-0.39, 0.29) is 0 Å². The fourth-order valence-corrected chi connectivity index (χ4v) is 1.34. The van der Waals surface area contributed by atoms with E-state index in [1.54, 1.807) is 17.2 Å². The fourth-order valence-electron chi connectivity index (χ4n) is 1.13. The van der Waals surface area contributed by atoms with Crippen molar-refractivity contribution in [2.45, 2.75) is 19.0 Å². The minimum Gasteiger partial charge on any atom is -0.315 e. The highest BCUT2D eigenvalue weighted by molar-refractivity contribution is 6.16. The van der Waals surface area contributed by atoms with E-state index in [1.807, 2.05) is 10.8 Å². The van der Waals surface area contributed by atoms with Crippen molar-refractivity contribution in [2.75, 3.05) is 0 Å². The number of hydrogen-bond donors (Lipinski definition) is 0. The van der Waals surface area contributed by atoms with Gasteiger partial charge in [-0.05, 0) is 0 Å². The zero-order chi connectivity index (χ0) is 9.80. The summed E-state index contributed by atoms with van der Waals surface area (Å²) in [5.41, 5.74) is 0. The standard InChI is InChI=1S/C7H9ClN6/c8-5-7-11-10-6-13(7)3-4-14-2-1-9-12-14/h1-2,6H,3-5H2. The molecule has 0 N–H and O–H groups in total. The van der Waals surface area contributed by atoms with Crippen LogP contribution in [0.5, 0.6) is 0 Å². The number of aromatic nitrogens is 6. The lowest BCUT2D eigenvalue weighted by atomic mass is 10.5. The van der Waals surface area contributed by atoms with Crippen molar-refractivity contribution in [3.63, 3.8) is 0 Å². The van der Waals surface area contributed by atoms with Gasteiger partial charge in [0.2, 0.25) is 0 Å². The number of nitrogens with zero attached hydrogens (tertiary/aromatic N) is 6. The third-order valence-corrected chi connectivity index (χ3v) is 2.10. The SMILES string of the molecule is ClCc1nncn1CCn1ccnn1. The van der Waals surface area contributed by atoms with Crippen LogP contribution in [0.1, 0.15) is 5.82 Å². The molecule has 2 aromatic rings. The predicted molar refractivity (Wildman–Crippen MR) is 49.6 cm³/mol. The molecule has 2 aromatic heterocycles. The van der Waals surface area contributed by atoms with E-state index in [1.165, 1.54) is 0 Å². The molecule has 14 heavy (non-hydrogen) atoms. The highest BCUT2D eigenvalue weighted by Gasteiger charge is 2.01. The van der Waals surface area contributed by atoms with Crippen molar-refractivity contribution < 1.29 is 0 Å². The molecule has 7 heteroatoms. The maximum atomic E-state index is 5.68. The Morgan fingerprint density at radius 3 is 2.93 bits per heavy atom. The zero-order valence-electron chi connectivity index (χ0n) is 7.41. The van der Waals surface area contributed by atoms with Crippen molar-refractivity contribution in [2.24, 2.45) is 0 Å². The molecule has 0 aliphatic rings. The molecule has 0 aliphatic heterocycles. The lowest BCUT2D eigenvalue weighted by Crippen LogP contribution is -2.09. The molecule has 6 nitrogen and oxygen atoms in total. The molecule has 0 saturated heterocycles. The molecule has 0 radical (unpaired) electrons. The molecular formula is C7H9ClN6. The van der Waals surface area contributed by atoms with E-state index >= 15 is 0 Å². The smallest absolute Gasteiger partial charge is 0.147 e. The Hall–Kier alpha value is -1.43. The van der Waals surface area contributed by atoms with E-state index in [0.29, 0.717) is 5.88 Å². The number of aryl methyl sites for hydroxylation is 2. The third-order valence-electron chi connectivity index (χ3n) is 1.86. The van der Waals surface area contributed by atoms with Gasteiger partial charge in [-0.3, -0.25) is 4.68 Å². The summed E-state index contributed by atoms with van der Waals surface area (Å²) in [5.74, 6) is 1.14. The summed E-state index contributed by atoms with van der Waals surface area (Å²) in [5, 5.41) is 15.2. The molecule has 0 spiro atoms. The fraction of sp³-hybridized carbons (Fsp3) is 0.429. The van der Waals surface area contributed by atoms with Gasteiger partial charge in [0.1, 0.15) is 12.2 Å². The van der Waals surface area contributed by atoms with Crippen LogP contribution in [-0.2, 0) is 19.0 Å². The molecule has 0 bridgehead atoms. The van der Waals surface area contributed by atoms with E-state index in [9.17, 15) is 0 Å². The number of halogens is 1. The van der Waals surface area contributed by atoms with Gasteiger partial charge in [0.15, 0.2) is 0 Å². The Balaban J connectivity index is 1.98. The van der Waals surface area contributed by atoms with Gasteiger partial charge in [0.05, 0.1) is 18.6 Å². The minimum atomic E-state index is 0.372.